The van der Waals surface area contributed by atoms with E-state index in [0.717, 1.165) is 45.6 Å². The van der Waals surface area contributed by atoms with E-state index in [-0.39, 0.29) is 5.91 Å². The number of carbonyl (C=O) groups is 1. The van der Waals surface area contributed by atoms with E-state index in [1.54, 1.807) is 17.1 Å². The zero-order valence-corrected chi connectivity index (χ0v) is 13.1. The van der Waals surface area contributed by atoms with Gasteiger partial charge in [-0.2, -0.15) is 5.10 Å². The summed E-state index contributed by atoms with van der Waals surface area (Å²) in [6.45, 7) is 8.92. The van der Waals surface area contributed by atoms with Crippen molar-refractivity contribution >= 4 is 5.91 Å². The first-order valence-corrected chi connectivity index (χ1v) is 7.87. The van der Waals surface area contributed by atoms with Crippen molar-refractivity contribution in [2.75, 3.05) is 26.2 Å². The number of likely N-dealkylation sites (tertiary alicyclic amines) is 1. The smallest absolute Gasteiger partial charge is 0.254 e. The van der Waals surface area contributed by atoms with Gasteiger partial charge in [0.05, 0.1) is 11.8 Å². The molecule has 2 heterocycles. The van der Waals surface area contributed by atoms with E-state index in [1.165, 1.54) is 0 Å². The maximum Gasteiger partial charge on any atom is 0.254 e. The minimum Gasteiger partial charge on any atom is -0.352 e. The first kappa shape index (κ1) is 15.8. The Bertz CT molecular complexity index is 472. The molecule has 0 spiro atoms. The average molecular weight is 290 g/mol. The lowest BCUT2D eigenvalue weighted by atomic mass is 9.96. The molecule has 1 aromatic rings. The molecule has 0 unspecified atom stereocenters. The third-order valence-corrected chi connectivity index (χ3v) is 4.08. The normalized spacial score (nSPS) is 17.4. The zero-order chi connectivity index (χ0) is 15.1. The van der Waals surface area contributed by atoms with Crippen LogP contribution in [0.25, 0.3) is 0 Å². The summed E-state index contributed by atoms with van der Waals surface area (Å²) in [5.74, 6) is 0.586. The molecular formula is C16H26N4O. The maximum atomic E-state index is 12.0. The number of aryl methyl sites for hydroxylation is 1. The molecular weight excluding hydrogens is 264 g/mol. The second-order valence-electron chi connectivity index (χ2n) is 5.61. The number of rotatable bonds is 6. The molecule has 0 aromatic carbocycles. The van der Waals surface area contributed by atoms with Crippen LogP contribution in [0.2, 0.25) is 0 Å². The molecule has 1 saturated heterocycles. The number of allylic oxidation sites excluding steroid dienone is 1. The molecule has 5 nitrogen and oxygen atoms in total. The predicted octanol–water partition coefficient (Wildman–Crippen LogP) is 1.92. The highest BCUT2D eigenvalue weighted by Gasteiger charge is 2.19. The van der Waals surface area contributed by atoms with E-state index in [1.807, 2.05) is 6.92 Å². The van der Waals surface area contributed by atoms with Gasteiger partial charge in [-0.25, -0.2) is 0 Å². The molecule has 2 rings (SSSR count). The highest BCUT2D eigenvalue weighted by atomic mass is 16.1. The fourth-order valence-corrected chi connectivity index (χ4v) is 2.62. The average Bonchev–Trinajstić information content (AvgIpc) is 3.00. The standard InChI is InChI=1S/C16H26N4O/c1-3-5-8-19-9-6-14(7-10-19)11-17-16(21)15-12-18-20(4-2)13-15/h3,5,12-14H,4,6-11H2,1-2H3,(H,17,21). The number of nitrogens with one attached hydrogen (secondary N) is 1. The summed E-state index contributed by atoms with van der Waals surface area (Å²) in [5, 5.41) is 7.17. The van der Waals surface area contributed by atoms with Crippen molar-refractivity contribution < 1.29 is 4.79 Å². The number of hydrogen-bond acceptors (Lipinski definition) is 3. The Morgan fingerprint density at radius 2 is 2.24 bits per heavy atom. The lowest BCUT2D eigenvalue weighted by molar-refractivity contribution is 0.0937. The van der Waals surface area contributed by atoms with Crippen LogP contribution in [-0.4, -0.2) is 46.8 Å². The van der Waals surface area contributed by atoms with Gasteiger partial charge in [-0.1, -0.05) is 12.2 Å². The van der Waals surface area contributed by atoms with Gasteiger partial charge in [0.1, 0.15) is 0 Å². The SMILES string of the molecule is CC=CCN1CCC(CNC(=O)c2cnn(CC)c2)CC1. The summed E-state index contributed by atoms with van der Waals surface area (Å²) in [6.07, 6.45) is 10.1. The largest absolute Gasteiger partial charge is 0.352 e. The van der Waals surface area contributed by atoms with Crippen molar-refractivity contribution in [1.82, 2.24) is 20.0 Å². The number of aromatic nitrogens is 2. The summed E-state index contributed by atoms with van der Waals surface area (Å²) in [4.78, 5) is 14.5. The molecule has 116 valence electrons. The lowest BCUT2D eigenvalue weighted by Gasteiger charge is -2.31. The van der Waals surface area contributed by atoms with Gasteiger partial charge in [0.25, 0.3) is 5.91 Å². The molecule has 0 atom stereocenters. The van der Waals surface area contributed by atoms with Gasteiger partial charge in [0.2, 0.25) is 0 Å². The number of piperidine rings is 1. The molecule has 21 heavy (non-hydrogen) atoms. The Hall–Kier alpha value is -1.62. The van der Waals surface area contributed by atoms with Crippen LogP contribution in [0.5, 0.6) is 0 Å². The van der Waals surface area contributed by atoms with E-state index < -0.39 is 0 Å². The van der Waals surface area contributed by atoms with Crippen LogP contribution in [0.4, 0.5) is 0 Å². The number of hydrogen-bond donors (Lipinski definition) is 1. The Morgan fingerprint density at radius 1 is 1.48 bits per heavy atom. The Labute approximate surface area is 127 Å². The van der Waals surface area contributed by atoms with Crippen LogP contribution in [0, 0.1) is 5.92 Å². The third-order valence-electron chi connectivity index (χ3n) is 4.08. The monoisotopic (exact) mass is 290 g/mol. The van der Waals surface area contributed by atoms with Crippen molar-refractivity contribution in [2.45, 2.75) is 33.2 Å². The Balaban J connectivity index is 1.70. The van der Waals surface area contributed by atoms with Crippen molar-refractivity contribution in [3.8, 4) is 0 Å². The van der Waals surface area contributed by atoms with Crippen LogP contribution in [0.15, 0.2) is 24.5 Å². The molecule has 1 N–H and O–H groups in total. The van der Waals surface area contributed by atoms with Gasteiger partial charge >= 0.3 is 0 Å². The molecule has 0 radical (unpaired) electrons. The van der Waals surface area contributed by atoms with Gasteiger partial charge in [-0.3, -0.25) is 14.4 Å². The van der Waals surface area contributed by atoms with Crippen LogP contribution < -0.4 is 5.32 Å². The van der Waals surface area contributed by atoms with E-state index in [4.69, 9.17) is 0 Å². The van der Waals surface area contributed by atoms with E-state index in [9.17, 15) is 4.79 Å². The first-order valence-electron chi connectivity index (χ1n) is 7.87. The first-order chi connectivity index (χ1) is 10.2. The number of amides is 1. The minimum absolute atomic E-state index is 0.00829. The molecule has 1 aliphatic heterocycles. The number of nitrogens with zero attached hydrogens (tertiary/aromatic N) is 3. The van der Waals surface area contributed by atoms with Crippen LogP contribution in [0.3, 0.4) is 0 Å². The fourth-order valence-electron chi connectivity index (χ4n) is 2.62. The van der Waals surface area contributed by atoms with Gasteiger partial charge in [-0.15, -0.1) is 0 Å². The molecule has 1 aliphatic rings. The summed E-state index contributed by atoms with van der Waals surface area (Å²) in [7, 11) is 0. The molecule has 1 fully saturated rings. The van der Waals surface area contributed by atoms with Gasteiger partial charge in [0, 0.05) is 25.8 Å². The van der Waals surface area contributed by atoms with Gasteiger partial charge < -0.3 is 5.32 Å². The molecule has 5 heteroatoms. The lowest BCUT2D eigenvalue weighted by Crippen LogP contribution is -2.38. The van der Waals surface area contributed by atoms with Crippen LogP contribution in [-0.2, 0) is 6.54 Å². The quantitative estimate of drug-likeness (QED) is 0.814. The fraction of sp³-hybridized carbons (Fsp3) is 0.625. The summed E-state index contributed by atoms with van der Waals surface area (Å²) >= 11 is 0. The summed E-state index contributed by atoms with van der Waals surface area (Å²) < 4.78 is 1.77. The predicted molar refractivity (Wildman–Crippen MR) is 84.2 cm³/mol. The van der Waals surface area contributed by atoms with Crippen molar-refractivity contribution in [3.63, 3.8) is 0 Å². The topological polar surface area (TPSA) is 50.2 Å². The summed E-state index contributed by atoms with van der Waals surface area (Å²) in [5.41, 5.74) is 0.655. The van der Waals surface area contributed by atoms with Gasteiger partial charge in [0.15, 0.2) is 0 Å². The zero-order valence-electron chi connectivity index (χ0n) is 13.1. The van der Waals surface area contributed by atoms with Gasteiger partial charge in [-0.05, 0) is 45.7 Å². The Morgan fingerprint density at radius 3 is 2.86 bits per heavy atom. The van der Waals surface area contributed by atoms with E-state index in [0.29, 0.717) is 11.5 Å². The van der Waals surface area contributed by atoms with Crippen molar-refractivity contribution in [2.24, 2.45) is 5.92 Å². The van der Waals surface area contributed by atoms with Crippen molar-refractivity contribution in [1.29, 1.82) is 0 Å². The highest BCUT2D eigenvalue weighted by Crippen LogP contribution is 2.16. The minimum atomic E-state index is -0.00829. The Kier molecular flexibility index (Phi) is 5.99. The molecule has 0 saturated carbocycles. The summed E-state index contributed by atoms with van der Waals surface area (Å²) in [6, 6.07) is 0. The van der Waals surface area contributed by atoms with Crippen LogP contribution >= 0.6 is 0 Å². The van der Waals surface area contributed by atoms with E-state index >= 15 is 0 Å². The van der Waals surface area contributed by atoms with Crippen molar-refractivity contribution in [3.05, 3.63) is 30.1 Å². The molecule has 1 amide bonds. The maximum absolute atomic E-state index is 12.0. The number of carbonyl (C=O) groups excluding carboxylic acids is 1. The second-order valence-corrected chi connectivity index (χ2v) is 5.61. The molecule has 1 aromatic heterocycles. The van der Waals surface area contributed by atoms with Crippen LogP contribution in [0.1, 0.15) is 37.0 Å². The third kappa shape index (κ3) is 4.70. The highest BCUT2D eigenvalue weighted by molar-refractivity contribution is 5.93. The molecule has 0 bridgehead atoms. The second kappa shape index (κ2) is 7.98. The molecule has 0 aliphatic carbocycles. The van der Waals surface area contributed by atoms with E-state index in [2.05, 4.69) is 34.4 Å².